The summed E-state index contributed by atoms with van der Waals surface area (Å²) in [5.41, 5.74) is -0.0938. The highest BCUT2D eigenvalue weighted by molar-refractivity contribution is 5.76. The molecule has 0 spiro atoms. The Morgan fingerprint density at radius 1 is 1.14 bits per heavy atom. The van der Waals surface area contributed by atoms with Gasteiger partial charge in [0.1, 0.15) is 0 Å². The van der Waals surface area contributed by atoms with Crippen molar-refractivity contribution in [2.24, 2.45) is 0 Å². The van der Waals surface area contributed by atoms with Gasteiger partial charge in [0.05, 0.1) is 5.56 Å². The quantitative estimate of drug-likeness (QED) is 0.873. The van der Waals surface area contributed by atoms with E-state index in [2.05, 4.69) is 10.6 Å². The van der Waals surface area contributed by atoms with Crippen molar-refractivity contribution in [3.8, 4) is 0 Å². The lowest BCUT2D eigenvalue weighted by atomic mass is 10.2. The lowest BCUT2D eigenvalue weighted by molar-refractivity contribution is -0.137. The standard InChI is InChI=1S/C15H19F3N2O/c16-15(17,18)11-5-7-12(8-6-11)19-10-9-14(21)20-13-3-1-2-4-13/h5-8,13,19H,1-4,9-10H2,(H,20,21). The van der Waals surface area contributed by atoms with Crippen molar-refractivity contribution in [1.29, 1.82) is 0 Å². The second-order valence-electron chi connectivity index (χ2n) is 5.30. The summed E-state index contributed by atoms with van der Waals surface area (Å²) in [6.07, 6.45) is 0.400. The number of amides is 1. The van der Waals surface area contributed by atoms with Gasteiger partial charge in [0.2, 0.25) is 5.91 Å². The Kier molecular flexibility index (Phi) is 5.09. The first-order chi connectivity index (χ1) is 9.95. The molecular formula is C15H19F3N2O. The predicted molar refractivity (Wildman–Crippen MR) is 74.9 cm³/mol. The van der Waals surface area contributed by atoms with Crippen LogP contribution >= 0.6 is 0 Å². The molecule has 6 heteroatoms. The maximum atomic E-state index is 12.4. The van der Waals surface area contributed by atoms with E-state index in [1.807, 2.05) is 0 Å². The second-order valence-corrected chi connectivity index (χ2v) is 5.30. The van der Waals surface area contributed by atoms with Gasteiger partial charge in [-0.1, -0.05) is 12.8 Å². The van der Waals surface area contributed by atoms with Crippen molar-refractivity contribution < 1.29 is 18.0 Å². The van der Waals surface area contributed by atoms with E-state index in [1.54, 1.807) is 0 Å². The van der Waals surface area contributed by atoms with E-state index in [1.165, 1.54) is 12.1 Å². The molecule has 1 aromatic rings. The molecule has 1 saturated carbocycles. The van der Waals surface area contributed by atoms with Crippen LogP contribution in [0.3, 0.4) is 0 Å². The average molecular weight is 300 g/mol. The fourth-order valence-corrected chi connectivity index (χ4v) is 2.47. The van der Waals surface area contributed by atoms with E-state index in [0.29, 0.717) is 24.7 Å². The summed E-state index contributed by atoms with van der Waals surface area (Å²) in [5.74, 6) is -0.0127. The van der Waals surface area contributed by atoms with E-state index in [0.717, 1.165) is 37.8 Å². The van der Waals surface area contributed by atoms with Gasteiger partial charge in [0, 0.05) is 24.7 Å². The molecule has 0 atom stereocenters. The maximum Gasteiger partial charge on any atom is 0.416 e. The van der Waals surface area contributed by atoms with Crippen molar-refractivity contribution in [2.75, 3.05) is 11.9 Å². The zero-order valence-corrected chi connectivity index (χ0v) is 11.7. The van der Waals surface area contributed by atoms with Crippen LogP contribution in [-0.4, -0.2) is 18.5 Å². The summed E-state index contributed by atoms with van der Waals surface area (Å²) in [6, 6.07) is 5.10. The van der Waals surface area contributed by atoms with E-state index >= 15 is 0 Å². The third-order valence-corrected chi connectivity index (χ3v) is 3.61. The van der Waals surface area contributed by atoms with Crippen molar-refractivity contribution in [3.05, 3.63) is 29.8 Å². The van der Waals surface area contributed by atoms with Gasteiger partial charge in [-0.2, -0.15) is 13.2 Å². The van der Waals surface area contributed by atoms with Crippen LogP contribution in [0.2, 0.25) is 0 Å². The van der Waals surface area contributed by atoms with Gasteiger partial charge in [-0.05, 0) is 37.1 Å². The monoisotopic (exact) mass is 300 g/mol. The molecule has 1 aliphatic carbocycles. The Labute approximate surface area is 121 Å². The summed E-state index contributed by atoms with van der Waals surface area (Å²) < 4.78 is 37.2. The van der Waals surface area contributed by atoms with E-state index in [4.69, 9.17) is 0 Å². The Morgan fingerprint density at radius 2 is 1.76 bits per heavy atom. The van der Waals surface area contributed by atoms with Crippen LogP contribution in [0.4, 0.5) is 18.9 Å². The largest absolute Gasteiger partial charge is 0.416 e. The molecule has 1 amide bonds. The van der Waals surface area contributed by atoms with Crippen LogP contribution < -0.4 is 10.6 Å². The van der Waals surface area contributed by atoms with Gasteiger partial charge in [-0.3, -0.25) is 4.79 Å². The second kappa shape index (κ2) is 6.83. The van der Waals surface area contributed by atoms with Gasteiger partial charge in [-0.25, -0.2) is 0 Å². The van der Waals surface area contributed by atoms with Crippen LogP contribution in [0.1, 0.15) is 37.7 Å². The fourth-order valence-electron chi connectivity index (χ4n) is 2.47. The Morgan fingerprint density at radius 3 is 2.33 bits per heavy atom. The van der Waals surface area contributed by atoms with Crippen molar-refractivity contribution >= 4 is 11.6 Å². The van der Waals surface area contributed by atoms with Gasteiger partial charge < -0.3 is 10.6 Å². The minimum Gasteiger partial charge on any atom is -0.385 e. The third-order valence-electron chi connectivity index (χ3n) is 3.61. The van der Waals surface area contributed by atoms with Gasteiger partial charge in [0.15, 0.2) is 0 Å². The summed E-state index contributed by atoms with van der Waals surface area (Å²) in [6.45, 7) is 0.407. The van der Waals surface area contributed by atoms with Crippen LogP contribution in [-0.2, 0) is 11.0 Å². The fraction of sp³-hybridized carbons (Fsp3) is 0.533. The number of halogens is 3. The maximum absolute atomic E-state index is 12.4. The number of carbonyl (C=O) groups excluding carboxylic acids is 1. The highest BCUT2D eigenvalue weighted by atomic mass is 19.4. The number of benzene rings is 1. The molecule has 0 heterocycles. The lowest BCUT2D eigenvalue weighted by Crippen LogP contribution is -2.33. The number of hydrogen-bond acceptors (Lipinski definition) is 2. The molecule has 0 radical (unpaired) electrons. The molecular weight excluding hydrogens is 281 g/mol. The zero-order chi connectivity index (χ0) is 15.3. The summed E-state index contributed by atoms with van der Waals surface area (Å²) >= 11 is 0. The molecule has 1 aliphatic rings. The van der Waals surface area contributed by atoms with Crippen LogP contribution in [0.25, 0.3) is 0 Å². The molecule has 1 aromatic carbocycles. The first kappa shape index (κ1) is 15.7. The third kappa shape index (κ3) is 4.95. The summed E-state index contributed by atoms with van der Waals surface area (Å²) in [5, 5.41) is 5.92. The van der Waals surface area contributed by atoms with Crippen molar-refractivity contribution in [2.45, 2.75) is 44.3 Å². The zero-order valence-electron chi connectivity index (χ0n) is 11.7. The SMILES string of the molecule is O=C(CCNc1ccc(C(F)(F)F)cc1)NC1CCCC1. The number of anilines is 1. The van der Waals surface area contributed by atoms with Crippen molar-refractivity contribution in [1.82, 2.24) is 5.32 Å². The summed E-state index contributed by atoms with van der Waals surface area (Å²) in [4.78, 5) is 11.7. The molecule has 0 aliphatic heterocycles. The van der Waals surface area contributed by atoms with E-state index in [9.17, 15) is 18.0 Å². The molecule has 1 fully saturated rings. The first-order valence-electron chi connectivity index (χ1n) is 7.15. The minimum atomic E-state index is -4.32. The number of hydrogen-bond donors (Lipinski definition) is 2. The Hall–Kier alpha value is -1.72. The molecule has 0 bridgehead atoms. The number of alkyl halides is 3. The molecule has 0 unspecified atom stereocenters. The molecule has 0 saturated heterocycles. The average Bonchev–Trinajstić information content (AvgIpc) is 2.91. The van der Waals surface area contributed by atoms with Crippen LogP contribution in [0, 0.1) is 0 Å². The first-order valence-corrected chi connectivity index (χ1v) is 7.15. The van der Waals surface area contributed by atoms with Crippen molar-refractivity contribution in [3.63, 3.8) is 0 Å². The lowest BCUT2D eigenvalue weighted by Gasteiger charge is -2.12. The molecule has 116 valence electrons. The molecule has 3 nitrogen and oxygen atoms in total. The van der Waals surface area contributed by atoms with Gasteiger partial charge in [0.25, 0.3) is 0 Å². The Balaban J connectivity index is 1.71. The minimum absolute atomic E-state index is 0.0127. The Bertz CT molecular complexity index is 465. The highest BCUT2D eigenvalue weighted by Crippen LogP contribution is 2.29. The van der Waals surface area contributed by atoms with E-state index in [-0.39, 0.29) is 5.91 Å². The number of nitrogens with one attached hydrogen (secondary N) is 2. The highest BCUT2D eigenvalue weighted by Gasteiger charge is 2.29. The molecule has 2 N–H and O–H groups in total. The smallest absolute Gasteiger partial charge is 0.385 e. The molecule has 0 aromatic heterocycles. The molecule has 21 heavy (non-hydrogen) atoms. The topological polar surface area (TPSA) is 41.1 Å². The number of rotatable bonds is 5. The number of carbonyl (C=O) groups is 1. The van der Waals surface area contributed by atoms with Gasteiger partial charge >= 0.3 is 6.18 Å². The van der Waals surface area contributed by atoms with Crippen LogP contribution in [0.5, 0.6) is 0 Å². The predicted octanol–water partition coefficient (Wildman–Crippen LogP) is 3.57. The van der Waals surface area contributed by atoms with Crippen LogP contribution in [0.15, 0.2) is 24.3 Å². The van der Waals surface area contributed by atoms with E-state index < -0.39 is 11.7 Å². The van der Waals surface area contributed by atoms with Gasteiger partial charge in [-0.15, -0.1) is 0 Å². The molecule has 2 rings (SSSR count). The summed E-state index contributed by atoms with van der Waals surface area (Å²) in [7, 11) is 0. The normalized spacial score (nSPS) is 16.0.